The molecule has 4 rings (SSSR count). The quantitative estimate of drug-likeness (QED) is 0.233. The molecule has 2 amide bonds. The lowest BCUT2D eigenvalue weighted by molar-refractivity contribution is -0.140. The van der Waals surface area contributed by atoms with Crippen LogP contribution in [-0.4, -0.2) is 43.8 Å². The lowest BCUT2D eigenvalue weighted by Gasteiger charge is -2.34. The second-order valence-corrected chi connectivity index (χ2v) is 14.4. The van der Waals surface area contributed by atoms with E-state index in [0.29, 0.717) is 27.7 Å². The van der Waals surface area contributed by atoms with Crippen LogP contribution in [0, 0.1) is 20.8 Å². The topological polar surface area (TPSA) is 86.8 Å². The lowest BCUT2D eigenvalue weighted by Crippen LogP contribution is -2.54. The van der Waals surface area contributed by atoms with Crippen molar-refractivity contribution in [2.45, 2.75) is 89.7 Å². The zero-order valence-electron chi connectivity index (χ0n) is 25.8. The van der Waals surface area contributed by atoms with Crippen LogP contribution < -0.4 is 9.62 Å². The molecule has 1 N–H and O–H groups in total. The Kier molecular flexibility index (Phi) is 11.4. The van der Waals surface area contributed by atoms with Gasteiger partial charge in [0.25, 0.3) is 10.0 Å². The third-order valence-electron chi connectivity index (χ3n) is 8.08. The molecule has 44 heavy (non-hydrogen) atoms. The predicted octanol–water partition coefficient (Wildman–Crippen LogP) is 7.37. The summed E-state index contributed by atoms with van der Waals surface area (Å²) in [6.07, 6.45) is 5.37. The summed E-state index contributed by atoms with van der Waals surface area (Å²) in [5.74, 6) is -0.770. The number of halogens is 2. The molecule has 0 saturated heterocycles. The van der Waals surface area contributed by atoms with E-state index >= 15 is 0 Å². The molecule has 3 aromatic carbocycles. The summed E-state index contributed by atoms with van der Waals surface area (Å²) >= 11 is 12.7. The maximum absolute atomic E-state index is 14.4. The standard InChI is InChI=1S/C34H41Cl2N3O4S/c1-5-32(34(41)37-28-9-7-6-8-10-28)38(21-26-13-14-27(35)20-31(26)36)33(40)22-39(29-18-24(3)17-25(4)19-29)44(42,43)30-15-11-23(2)12-16-30/h11-20,28,32H,5-10,21-22H2,1-4H3,(H,37,41)/t32-/m1/s1. The molecule has 1 fully saturated rings. The fourth-order valence-electron chi connectivity index (χ4n) is 5.76. The van der Waals surface area contributed by atoms with Crippen LogP contribution in [0.2, 0.25) is 10.0 Å². The number of hydrogen-bond donors (Lipinski definition) is 1. The summed E-state index contributed by atoms with van der Waals surface area (Å²) in [4.78, 5) is 29.6. The molecule has 0 heterocycles. The zero-order chi connectivity index (χ0) is 32.0. The fraction of sp³-hybridized carbons (Fsp3) is 0.412. The first kappa shape index (κ1) is 33.8. The smallest absolute Gasteiger partial charge is 0.264 e. The second-order valence-electron chi connectivity index (χ2n) is 11.7. The van der Waals surface area contributed by atoms with Crippen molar-refractivity contribution >= 4 is 50.7 Å². The van der Waals surface area contributed by atoms with Gasteiger partial charge in [-0.25, -0.2) is 8.42 Å². The number of nitrogens with zero attached hydrogens (tertiary/aromatic N) is 2. The number of carbonyl (C=O) groups is 2. The summed E-state index contributed by atoms with van der Waals surface area (Å²) in [5, 5.41) is 3.96. The van der Waals surface area contributed by atoms with Crippen molar-refractivity contribution in [3.63, 3.8) is 0 Å². The van der Waals surface area contributed by atoms with Crippen molar-refractivity contribution < 1.29 is 18.0 Å². The van der Waals surface area contributed by atoms with Gasteiger partial charge in [-0.3, -0.25) is 13.9 Å². The first-order valence-corrected chi connectivity index (χ1v) is 17.3. The summed E-state index contributed by atoms with van der Waals surface area (Å²) in [6.45, 7) is 7.00. The van der Waals surface area contributed by atoms with Gasteiger partial charge >= 0.3 is 0 Å². The highest BCUT2D eigenvalue weighted by atomic mass is 35.5. The number of benzene rings is 3. The van der Waals surface area contributed by atoms with Crippen molar-refractivity contribution in [1.29, 1.82) is 0 Å². The van der Waals surface area contributed by atoms with Crippen molar-refractivity contribution in [1.82, 2.24) is 10.2 Å². The number of hydrogen-bond acceptors (Lipinski definition) is 4. The fourth-order valence-corrected chi connectivity index (χ4v) is 7.62. The normalized spacial score (nSPS) is 14.6. The highest BCUT2D eigenvalue weighted by Crippen LogP contribution is 2.29. The Morgan fingerprint density at radius 1 is 0.886 bits per heavy atom. The number of rotatable bonds is 11. The maximum Gasteiger partial charge on any atom is 0.264 e. The van der Waals surface area contributed by atoms with Crippen LogP contribution in [0.25, 0.3) is 0 Å². The molecule has 1 atom stereocenters. The number of nitrogens with one attached hydrogen (secondary N) is 1. The minimum Gasteiger partial charge on any atom is -0.352 e. The van der Waals surface area contributed by atoms with Gasteiger partial charge in [0.05, 0.1) is 10.6 Å². The van der Waals surface area contributed by atoms with Crippen molar-refractivity contribution in [2.75, 3.05) is 10.8 Å². The van der Waals surface area contributed by atoms with Gasteiger partial charge < -0.3 is 10.2 Å². The molecule has 1 aliphatic carbocycles. The SMILES string of the molecule is CC[C@H](C(=O)NC1CCCCC1)N(Cc1ccc(Cl)cc1Cl)C(=O)CN(c1cc(C)cc(C)c1)S(=O)(=O)c1ccc(C)cc1. The monoisotopic (exact) mass is 657 g/mol. The molecular weight excluding hydrogens is 617 g/mol. The summed E-state index contributed by atoms with van der Waals surface area (Å²) in [7, 11) is -4.15. The maximum atomic E-state index is 14.4. The molecule has 3 aromatic rings. The van der Waals surface area contributed by atoms with Gasteiger partial charge in [-0.2, -0.15) is 0 Å². The molecular formula is C34H41Cl2N3O4S. The van der Waals surface area contributed by atoms with Gasteiger partial charge in [0, 0.05) is 22.6 Å². The first-order chi connectivity index (χ1) is 20.9. The average molecular weight is 659 g/mol. The Labute approximate surface area is 271 Å². The van der Waals surface area contributed by atoms with E-state index < -0.39 is 28.5 Å². The molecule has 1 aliphatic rings. The van der Waals surface area contributed by atoms with Crippen LogP contribution >= 0.6 is 23.2 Å². The second kappa shape index (κ2) is 14.8. The van der Waals surface area contributed by atoms with Crippen LogP contribution in [0.4, 0.5) is 5.69 Å². The Morgan fingerprint density at radius 2 is 1.52 bits per heavy atom. The van der Waals surface area contributed by atoms with Crippen LogP contribution in [0.15, 0.2) is 65.6 Å². The van der Waals surface area contributed by atoms with Gasteiger partial charge in [-0.15, -0.1) is 0 Å². The Bertz CT molecular complexity index is 1570. The molecule has 0 bridgehead atoms. The Balaban J connectivity index is 1.75. The highest BCUT2D eigenvalue weighted by molar-refractivity contribution is 7.92. The van der Waals surface area contributed by atoms with E-state index in [1.54, 1.807) is 54.6 Å². The molecule has 236 valence electrons. The van der Waals surface area contributed by atoms with Crippen LogP contribution in [0.5, 0.6) is 0 Å². The highest BCUT2D eigenvalue weighted by Gasteiger charge is 2.35. The van der Waals surface area contributed by atoms with Gasteiger partial charge in [0.2, 0.25) is 11.8 Å². The summed E-state index contributed by atoms with van der Waals surface area (Å²) in [6, 6.07) is 16.2. The third kappa shape index (κ3) is 8.34. The van der Waals surface area contributed by atoms with Gasteiger partial charge in [-0.05, 0) is 93.1 Å². The van der Waals surface area contributed by atoms with E-state index in [0.717, 1.165) is 53.1 Å². The van der Waals surface area contributed by atoms with Crippen LogP contribution in [0.3, 0.4) is 0 Å². The number of amides is 2. The first-order valence-electron chi connectivity index (χ1n) is 15.1. The predicted molar refractivity (Wildman–Crippen MR) is 178 cm³/mol. The number of sulfonamides is 1. The number of carbonyl (C=O) groups excluding carboxylic acids is 2. The molecule has 7 nitrogen and oxygen atoms in total. The van der Waals surface area contributed by atoms with E-state index in [1.807, 2.05) is 33.8 Å². The van der Waals surface area contributed by atoms with E-state index in [2.05, 4.69) is 5.32 Å². The van der Waals surface area contributed by atoms with Gasteiger partial charge in [0.15, 0.2) is 0 Å². The largest absolute Gasteiger partial charge is 0.352 e. The minimum absolute atomic E-state index is 0.0106. The molecule has 0 spiro atoms. The molecule has 1 saturated carbocycles. The van der Waals surface area contributed by atoms with E-state index in [9.17, 15) is 18.0 Å². The molecule has 0 aliphatic heterocycles. The van der Waals surface area contributed by atoms with Crippen molar-refractivity contribution in [2.24, 2.45) is 0 Å². The Morgan fingerprint density at radius 3 is 2.11 bits per heavy atom. The zero-order valence-corrected chi connectivity index (χ0v) is 28.1. The number of anilines is 1. The van der Waals surface area contributed by atoms with Gasteiger partial charge in [-0.1, -0.05) is 79.2 Å². The Hall–Kier alpha value is -3.07. The summed E-state index contributed by atoms with van der Waals surface area (Å²) < 4.78 is 29.4. The minimum atomic E-state index is -4.15. The van der Waals surface area contributed by atoms with E-state index in [1.165, 1.54) is 4.90 Å². The van der Waals surface area contributed by atoms with Crippen molar-refractivity contribution in [3.8, 4) is 0 Å². The van der Waals surface area contributed by atoms with E-state index in [4.69, 9.17) is 23.2 Å². The average Bonchev–Trinajstić information content (AvgIpc) is 2.97. The van der Waals surface area contributed by atoms with Gasteiger partial charge in [0.1, 0.15) is 12.6 Å². The molecule has 10 heteroatoms. The lowest BCUT2D eigenvalue weighted by atomic mass is 9.95. The molecule has 0 radical (unpaired) electrons. The van der Waals surface area contributed by atoms with Crippen LogP contribution in [-0.2, 0) is 26.2 Å². The van der Waals surface area contributed by atoms with Crippen molar-refractivity contribution in [3.05, 3.63) is 93.0 Å². The third-order valence-corrected chi connectivity index (χ3v) is 10.5. The molecule has 0 aromatic heterocycles. The van der Waals surface area contributed by atoms with E-state index in [-0.39, 0.29) is 23.4 Å². The number of aryl methyl sites for hydroxylation is 3. The van der Waals surface area contributed by atoms with Crippen LogP contribution in [0.1, 0.15) is 67.7 Å². The molecule has 0 unspecified atom stereocenters. The summed E-state index contributed by atoms with van der Waals surface area (Å²) in [5.41, 5.74) is 3.62.